The van der Waals surface area contributed by atoms with Crippen LogP contribution in [0.2, 0.25) is 0 Å². The van der Waals surface area contributed by atoms with Gasteiger partial charge in [-0.1, -0.05) is 0 Å². The second-order valence-electron chi connectivity index (χ2n) is 5.65. The number of nitrogens with one attached hydrogen (secondary N) is 1. The molecule has 1 heterocycles. The van der Waals surface area contributed by atoms with E-state index in [9.17, 15) is 23.3 Å². The molecular weight excluding hydrogens is 482 g/mol. The molecule has 1 aromatic heterocycles. The summed E-state index contributed by atoms with van der Waals surface area (Å²) < 4.78 is 35.1. The van der Waals surface area contributed by atoms with Crippen LogP contribution in [-0.4, -0.2) is 25.5 Å². The molecule has 1 N–H and O–H groups in total. The molecule has 1 amide bonds. The molecule has 0 aliphatic carbocycles. The fourth-order valence-electron chi connectivity index (χ4n) is 2.19. The first-order valence-corrected chi connectivity index (χ1v) is 10.3. The van der Waals surface area contributed by atoms with E-state index >= 15 is 0 Å². The van der Waals surface area contributed by atoms with Crippen molar-refractivity contribution in [3.8, 4) is 5.75 Å². The standard InChI is InChI=1S/C18H12BrN3O7S/c19-15-10-12(11-20-21-18(23)17-2-1-9-28-17)3-8-16(15)29-30(26,27)14-6-4-13(5-7-14)22(24)25/h1-11H,(H,21,23)/b20-11-. The van der Waals surface area contributed by atoms with Gasteiger partial charge in [-0.3, -0.25) is 14.9 Å². The predicted octanol–water partition coefficient (Wildman–Crippen LogP) is 3.48. The van der Waals surface area contributed by atoms with Gasteiger partial charge in [-0.15, -0.1) is 0 Å². The van der Waals surface area contributed by atoms with Gasteiger partial charge in [0.2, 0.25) is 0 Å². The Morgan fingerprint density at radius 2 is 1.93 bits per heavy atom. The van der Waals surface area contributed by atoms with Crippen LogP contribution in [-0.2, 0) is 10.1 Å². The quantitative estimate of drug-likeness (QED) is 0.229. The smallest absolute Gasteiger partial charge is 0.339 e. The normalized spacial score (nSPS) is 11.4. The molecule has 12 heteroatoms. The molecule has 0 saturated carbocycles. The molecule has 0 spiro atoms. The second kappa shape index (κ2) is 8.88. The van der Waals surface area contributed by atoms with Crippen LogP contribution in [0, 0.1) is 10.1 Å². The Hall–Kier alpha value is -3.51. The molecule has 154 valence electrons. The van der Waals surface area contributed by atoms with Crippen LogP contribution in [0.25, 0.3) is 0 Å². The minimum absolute atomic E-state index is 0.00474. The van der Waals surface area contributed by atoms with Gasteiger partial charge >= 0.3 is 16.0 Å². The molecule has 10 nitrogen and oxygen atoms in total. The van der Waals surface area contributed by atoms with E-state index in [1.807, 2.05) is 0 Å². The maximum atomic E-state index is 12.4. The van der Waals surface area contributed by atoms with Crippen molar-refractivity contribution < 1.29 is 26.7 Å². The lowest BCUT2D eigenvalue weighted by atomic mass is 10.2. The van der Waals surface area contributed by atoms with Crippen LogP contribution in [0.4, 0.5) is 5.69 Å². The maximum Gasteiger partial charge on any atom is 0.339 e. The van der Waals surface area contributed by atoms with Crippen LogP contribution in [0.1, 0.15) is 16.1 Å². The molecule has 0 aliphatic heterocycles. The van der Waals surface area contributed by atoms with Crippen molar-refractivity contribution in [2.45, 2.75) is 4.90 Å². The summed E-state index contributed by atoms with van der Waals surface area (Å²) in [5.41, 5.74) is 2.59. The Labute approximate surface area is 178 Å². The zero-order valence-electron chi connectivity index (χ0n) is 14.9. The van der Waals surface area contributed by atoms with E-state index < -0.39 is 20.9 Å². The highest BCUT2D eigenvalue weighted by molar-refractivity contribution is 9.10. The highest BCUT2D eigenvalue weighted by Crippen LogP contribution is 2.29. The Morgan fingerprint density at radius 1 is 1.20 bits per heavy atom. The zero-order chi connectivity index (χ0) is 21.7. The third-order valence-electron chi connectivity index (χ3n) is 3.62. The van der Waals surface area contributed by atoms with Gasteiger partial charge in [0.05, 0.1) is 21.9 Å². The van der Waals surface area contributed by atoms with E-state index in [0.29, 0.717) is 10.0 Å². The minimum atomic E-state index is -4.20. The second-order valence-corrected chi connectivity index (χ2v) is 8.06. The number of halogens is 1. The lowest BCUT2D eigenvalue weighted by Gasteiger charge is -2.09. The summed E-state index contributed by atoms with van der Waals surface area (Å²) in [7, 11) is -4.20. The average molecular weight is 494 g/mol. The molecule has 0 radical (unpaired) electrons. The first-order valence-electron chi connectivity index (χ1n) is 8.12. The topological polar surface area (TPSA) is 141 Å². The first-order chi connectivity index (χ1) is 14.3. The zero-order valence-corrected chi connectivity index (χ0v) is 17.3. The number of hydrogen-bond donors (Lipinski definition) is 1. The van der Waals surface area contributed by atoms with Crippen molar-refractivity contribution >= 4 is 43.9 Å². The minimum Gasteiger partial charge on any atom is -0.459 e. The molecule has 0 saturated heterocycles. The van der Waals surface area contributed by atoms with Crippen LogP contribution in [0.3, 0.4) is 0 Å². The van der Waals surface area contributed by atoms with E-state index in [1.165, 1.54) is 36.7 Å². The van der Waals surface area contributed by atoms with E-state index in [-0.39, 0.29) is 22.1 Å². The molecule has 0 unspecified atom stereocenters. The molecule has 0 atom stereocenters. The average Bonchev–Trinajstić information content (AvgIpc) is 3.25. The summed E-state index contributed by atoms with van der Waals surface area (Å²) in [6, 6.07) is 11.8. The summed E-state index contributed by atoms with van der Waals surface area (Å²) in [4.78, 5) is 21.5. The van der Waals surface area contributed by atoms with Crippen LogP contribution in [0.5, 0.6) is 5.75 Å². The summed E-state index contributed by atoms with van der Waals surface area (Å²) >= 11 is 3.21. The van der Waals surface area contributed by atoms with Gasteiger partial charge in [-0.2, -0.15) is 13.5 Å². The molecule has 0 bridgehead atoms. The third-order valence-corrected chi connectivity index (χ3v) is 5.48. The number of benzene rings is 2. The molecule has 2 aromatic carbocycles. The molecule has 0 aliphatic rings. The van der Waals surface area contributed by atoms with Gasteiger partial charge in [0, 0.05) is 12.1 Å². The maximum absolute atomic E-state index is 12.4. The first kappa shape index (κ1) is 21.2. The third kappa shape index (κ3) is 5.10. The van der Waals surface area contributed by atoms with Crippen molar-refractivity contribution in [2.75, 3.05) is 0 Å². The fraction of sp³-hybridized carbons (Fsp3) is 0. The van der Waals surface area contributed by atoms with E-state index in [2.05, 4.69) is 26.5 Å². The number of amides is 1. The largest absolute Gasteiger partial charge is 0.459 e. The summed E-state index contributed by atoms with van der Waals surface area (Å²) in [6.07, 6.45) is 2.71. The predicted molar refractivity (Wildman–Crippen MR) is 109 cm³/mol. The van der Waals surface area contributed by atoms with Gasteiger partial charge in [0.25, 0.3) is 5.69 Å². The summed E-state index contributed by atoms with van der Waals surface area (Å²) in [5, 5.41) is 14.5. The monoisotopic (exact) mass is 493 g/mol. The van der Waals surface area contributed by atoms with E-state index in [0.717, 1.165) is 24.3 Å². The number of nitro benzene ring substituents is 1. The van der Waals surface area contributed by atoms with E-state index in [4.69, 9.17) is 8.60 Å². The Balaban J connectivity index is 1.69. The van der Waals surface area contributed by atoms with Gasteiger partial charge in [0.15, 0.2) is 11.5 Å². The number of nitrogens with zero attached hydrogens (tertiary/aromatic N) is 2. The van der Waals surface area contributed by atoms with Crippen LogP contribution in [0.15, 0.2) is 79.7 Å². The van der Waals surface area contributed by atoms with Crippen molar-refractivity contribution in [3.05, 3.63) is 86.8 Å². The van der Waals surface area contributed by atoms with Crippen molar-refractivity contribution in [1.29, 1.82) is 0 Å². The number of rotatable bonds is 7. The lowest BCUT2D eigenvalue weighted by molar-refractivity contribution is -0.384. The van der Waals surface area contributed by atoms with Gasteiger partial charge in [0.1, 0.15) is 4.90 Å². The number of nitro groups is 1. The van der Waals surface area contributed by atoms with Gasteiger partial charge < -0.3 is 8.60 Å². The number of furan rings is 1. The Kier molecular flexibility index (Phi) is 6.28. The van der Waals surface area contributed by atoms with Crippen LogP contribution < -0.4 is 9.61 Å². The van der Waals surface area contributed by atoms with Gasteiger partial charge in [-0.25, -0.2) is 5.43 Å². The fourth-order valence-corrected chi connectivity index (χ4v) is 3.73. The molecule has 30 heavy (non-hydrogen) atoms. The summed E-state index contributed by atoms with van der Waals surface area (Å²) in [5.74, 6) is -0.414. The number of carbonyl (C=O) groups excluding carboxylic acids is 1. The molecule has 3 rings (SSSR count). The molecule has 0 fully saturated rings. The number of hydrogen-bond acceptors (Lipinski definition) is 8. The van der Waals surface area contributed by atoms with Gasteiger partial charge in [-0.05, 0) is 64.0 Å². The Morgan fingerprint density at radius 3 is 2.53 bits per heavy atom. The number of hydrazone groups is 1. The van der Waals surface area contributed by atoms with Crippen molar-refractivity contribution in [2.24, 2.45) is 5.10 Å². The number of non-ortho nitro benzene ring substituents is 1. The van der Waals surface area contributed by atoms with Crippen molar-refractivity contribution in [1.82, 2.24) is 5.43 Å². The lowest BCUT2D eigenvalue weighted by Crippen LogP contribution is -2.16. The van der Waals surface area contributed by atoms with Crippen molar-refractivity contribution in [3.63, 3.8) is 0 Å². The Bertz CT molecular complexity index is 1210. The number of carbonyl (C=O) groups is 1. The highest BCUT2D eigenvalue weighted by Gasteiger charge is 2.19. The highest BCUT2D eigenvalue weighted by atomic mass is 79.9. The SMILES string of the molecule is O=C(N/N=C\c1ccc(OS(=O)(=O)c2ccc([N+](=O)[O-])cc2)c(Br)c1)c1ccco1. The summed E-state index contributed by atoms with van der Waals surface area (Å²) in [6.45, 7) is 0. The molecule has 3 aromatic rings. The van der Waals surface area contributed by atoms with E-state index in [1.54, 1.807) is 6.07 Å². The van der Waals surface area contributed by atoms with Crippen LogP contribution >= 0.6 is 15.9 Å². The molecular formula is C18H12BrN3O7S.